The Morgan fingerprint density at radius 2 is 1.71 bits per heavy atom. The maximum Gasteiger partial charge on any atom is 0.274 e. The Balaban J connectivity index is 2.05. The molecule has 5 nitrogen and oxygen atoms in total. The SMILES string of the molecule is CCCCn1cc[n+](C)c1[BH2-][C@H](C(=O)OC)[C@@H](C(=O)c1ccccc1)c1ccccc1. The Morgan fingerprint density at radius 1 is 1.06 bits per heavy atom. The lowest BCUT2D eigenvalue weighted by molar-refractivity contribution is -0.653. The molecule has 0 saturated carbocycles. The molecule has 0 radical (unpaired) electrons. The molecule has 0 aliphatic heterocycles. The topological polar surface area (TPSA) is 52.2 Å². The summed E-state index contributed by atoms with van der Waals surface area (Å²) in [5, 5.41) is 0. The Morgan fingerprint density at radius 3 is 2.32 bits per heavy atom. The van der Waals surface area contributed by atoms with Gasteiger partial charge in [-0.25, -0.2) is 0 Å². The predicted octanol–water partition coefficient (Wildman–Crippen LogP) is 2.54. The zero-order valence-electron chi connectivity index (χ0n) is 18.8. The first-order valence-corrected chi connectivity index (χ1v) is 11.1. The van der Waals surface area contributed by atoms with Gasteiger partial charge in [0.2, 0.25) is 0 Å². The highest BCUT2D eigenvalue weighted by molar-refractivity contribution is 6.57. The second kappa shape index (κ2) is 10.8. The van der Waals surface area contributed by atoms with E-state index in [0.717, 1.165) is 30.7 Å². The summed E-state index contributed by atoms with van der Waals surface area (Å²) in [5.74, 6) is -1.45. The van der Waals surface area contributed by atoms with Gasteiger partial charge in [-0.2, -0.15) is 0 Å². The van der Waals surface area contributed by atoms with E-state index < -0.39 is 19.0 Å². The number of nitrogens with zero attached hydrogens (tertiary/aromatic N) is 2. The summed E-state index contributed by atoms with van der Waals surface area (Å²) >= 11 is 0. The van der Waals surface area contributed by atoms with Crippen molar-refractivity contribution < 1.29 is 18.9 Å². The number of ketones is 1. The highest BCUT2D eigenvalue weighted by atomic mass is 16.5. The van der Waals surface area contributed by atoms with Gasteiger partial charge in [0.05, 0.1) is 26.4 Å². The molecule has 0 bridgehead atoms. The predicted molar refractivity (Wildman–Crippen MR) is 124 cm³/mol. The second-order valence-corrected chi connectivity index (χ2v) is 8.22. The van der Waals surface area contributed by atoms with Crippen molar-refractivity contribution in [3.8, 4) is 0 Å². The number of ether oxygens (including phenoxy) is 1. The van der Waals surface area contributed by atoms with Crippen LogP contribution < -0.4 is 10.3 Å². The average molecular weight is 418 g/mol. The third-order valence-electron chi connectivity index (χ3n) is 6.29. The fraction of sp³-hybridized carbons (Fsp3) is 0.320. The third-order valence-corrected chi connectivity index (χ3v) is 6.29. The molecule has 1 aromatic heterocycles. The minimum atomic E-state index is -1.05. The summed E-state index contributed by atoms with van der Waals surface area (Å²) in [7, 11) is 2.37. The van der Waals surface area contributed by atoms with Gasteiger partial charge in [-0.15, -0.1) is 0 Å². The van der Waals surface area contributed by atoms with Gasteiger partial charge in [-0.3, -0.25) is 18.7 Å². The number of esters is 1. The Bertz CT molecular complexity index is 1000. The molecular formula is C25H31BN2O3. The van der Waals surface area contributed by atoms with Crippen molar-refractivity contribution in [1.82, 2.24) is 4.57 Å². The van der Waals surface area contributed by atoms with E-state index in [1.54, 1.807) is 0 Å². The number of benzene rings is 2. The van der Waals surface area contributed by atoms with Crippen LogP contribution in [0.15, 0.2) is 73.1 Å². The molecule has 3 aromatic rings. The number of aryl methyl sites for hydroxylation is 2. The van der Waals surface area contributed by atoms with E-state index in [-0.39, 0.29) is 11.8 Å². The van der Waals surface area contributed by atoms with Gasteiger partial charge in [0.25, 0.3) is 5.97 Å². The molecule has 0 spiro atoms. The monoisotopic (exact) mass is 418 g/mol. The van der Waals surface area contributed by atoms with Gasteiger partial charge < -0.3 is 4.74 Å². The lowest BCUT2D eigenvalue weighted by Gasteiger charge is -2.28. The fourth-order valence-electron chi connectivity index (χ4n) is 4.53. The van der Waals surface area contributed by atoms with Crippen molar-refractivity contribution in [3.63, 3.8) is 0 Å². The molecule has 2 aromatic carbocycles. The number of imidazole rings is 1. The van der Waals surface area contributed by atoms with E-state index in [9.17, 15) is 9.59 Å². The van der Waals surface area contributed by atoms with E-state index in [4.69, 9.17) is 4.74 Å². The number of aromatic nitrogens is 2. The molecule has 3 rings (SSSR count). The van der Waals surface area contributed by atoms with Gasteiger partial charge in [-0.05, 0) is 17.8 Å². The summed E-state index contributed by atoms with van der Waals surface area (Å²) in [5.41, 5.74) is 2.60. The van der Waals surface area contributed by atoms with Gasteiger partial charge in [0, 0.05) is 11.5 Å². The largest absolute Gasteiger partial charge is 0.471 e. The van der Waals surface area contributed by atoms with Crippen molar-refractivity contribution in [1.29, 1.82) is 0 Å². The second-order valence-electron chi connectivity index (χ2n) is 8.22. The van der Waals surface area contributed by atoms with Crippen LogP contribution in [0.1, 0.15) is 41.6 Å². The molecule has 0 N–H and O–H groups in total. The maximum atomic E-state index is 13.7. The summed E-state index contributed by atoms with van der Waals surface area (Å²) in [4.78, 5) is 26.7. The average Bonchev–Trinajstić information content (AvgIpc) is 3.16. The highest BCUT2D eigenvalue weighted by Gasteiger charge is 2.34. The third kappa shape index (κ3) is 5.32. The molecule has 1 heterocycles. The number of methoxy groups -OCH3 is 1. The number of Topliss-reactive ketones (excluding diaryl/α,β-unsaturated/α-hetero) is 1. The van der Waals surface area contributed by atoms with Crippen LogP contribution in [0.3, 0.4) is 0 Å². The van der Waals surface area contributed by atoms with Crippen molar-refractivity contribution in [2.75, 3.05) is 7.11 Å². The number of carbonyl (C=O) groups excluding carboxylic acids is 2. The minimum absolute atomic E-state index is 0.0414. The first kappa shape index (κ1) is 22.5. The number of hydrogen-bond donors (Lipinski definition) is 0. The number of unbranched alkanes of at least 4 members (excludes halogenated alkanes) is 1. The van der Waals surface area contributed by atoms with Crippen molar-refractivity contribution >= 4 is 24.8 Å². The minimum Gasteiger partial charge on any atom is -0.471 e. The molecule has 0 aliphatic rings. The number of carbonyl (C=O) groups is 2. The number of hydrogen-bond acceptors (Lipinski definition) is 3. The molecule has 2 atom stereocenters. The van der Waals surface area contributed by atoms with Crippen molar-refractivity contribution in [2.24, 2.45) is 7.05 Å². The van der Waals surface area contributed by atoms with E-state index in [2.05, 4.69) is 22.3 Å². The van der Waals surface area contributed by atoms with E-state index in [0.29, 0.717) is 5.56 Å². The van der Waals surface area contributed by atoms with Crippen LogP contribution in [-0.2, 0) is 23.1 Å². The van der Waals surface area contributed by atoms with Crippen LogP contribution in [0.4, 0.5) is 0 Å². The Kier molecular flexibility index (Phi) is 7.82. The molecule has 0 fully saturated rings. The van der Waals surface area contributed by atoms with Crippen molar-refractivity contribution in [2.45, 2.75) is 38.0 Å². The van der Waals surface area contributed by atoms with Crippen LogP contribution in [0.25, 0.3) is 0 Å². The normalized spacial score (nSPS) is 12.9. The first-order valence-electron chi connectivity index (χ1n) is 11.1. The quantitative estimate of drug-likeness (QED) is 0.220. The van der Waals surface area contributed by atoms with E-state index in [1.807, 2.05) is 73.9 Å². The Hall–Kier alpha value is -3.15. The highest BCUT2D eigenvalue weighted by Crippen LogP contribution is 2.33. The van der Waals surface area contributed by atoms with Crippen LogP contribution in [0.2, 0.25) is 5.82 Å². The van der Waals surface area contributed by atoms with Gasteiger partial charge >= 0.3 is 0 Å². The molecule has 0 aliphatic carbocycles. The summed E-state index contributed by atoms with van der Waals surface area (Å²) in [6, 6.07) is 18.9. The number of rotatable bonds is 10. The zero-order valence-corrected chi connectivity index (χ0v) is 18.8. The standard InChI is InChI=1S/C25H31BN2O3/c1-4-5-16-28-18-17-27(2)25(28)26-22(24(30)31-3)21(19-12-8-6-9-13-19)23(29)20-14-10-7-11-15-20/h6-15,17-18,21-22H,4-5,16,26H2,1-3H3/t21-,22-/m0/s1. The lowest BCUT2D eigenvalue weighted by atomic mass is 9.55. The van der Waals surface area contributed by atoms with Crippen LogP contribution in [0, 0.1) is 0 Å². The molecule has 162 valence electrons. The molecule has 6 heteroatoms. The molecule has 0 unspecified atom stereocenters. The van der Waals surface area contributed by atoms with Crippen LogP contribution >= 0.6 is 0 Å². The molecular weight excluding hydrogens is 387 g/mol. The van der Waals surface area contributed by atoms with Gasteiger partial charge in [0.15, 0.2) is 5.78 Å². The zero-order chi connectivity index (χ0) is 22.2. The van der Waals surface area contributed by atoms with Gasteiger partial charge in [0.1, 0.15) is 19.7 Å². The maximum absolute atomic E-state index is 13.7. The van der Waals surface area contributed by atoms with Gasteiger partial charge in [-0.1, -0.05) is 74.0 Å². The fourth-order valence-corrected chi connectivity index (χ4v) is 4.53. The summed E-state index contributed by atoms with van der Waals surface area (Å²) < 4.78 is 9.55. The first-order chi connectivity index (χ1) is 15.1. The van der Waals surface area contributed by atoms with Crippen LogP contribution in [-0.4, -0.2) is 30.7 Å². The lowest BCUT2D eigenvalue weighted by Crippen LogP contribution is -2.53. The molecule has 31 heavy (non-hydrogen) atoms. The summed E-state index contributed by atoms with van der Waals surface area (Å²) in [6.07, 6.45) is 6.27. The Labute approximate surface area is 184 Å². The van der Waals surface area contributed by atoms with Crippen molar-refractivity contribution in [3.05, 3.63) is 84.2 Å². The van der Waals surface area contributed by atoms with Crippen LogP contribution in [0.5, 0.6) is 0 Å². The summed E-state index contributed by atoms with van der Waals surface area (Å²) in [6.45, 7) is 3.08. The smallest absolute Gasteiger partial charge is 0.274 e. The molecule has 0 amide bonds. The molecule has 0 saturated heterocycles. The van der Waals surface area contributed by atoms with E-state index >= 15 is 0 Å². The van der Waals surface area contributed by atoms with E-state index in [1.165, 1.54) is 7.11 Å².